The maximum atomic E-state index is 12.2. The maximum Gasteiger partial charge on any atom is 0.312 e. The van der Waals surface area contributed by atoms with Gasteiger partial charge >= 0.3 is 11.9 Å². The molecule has 0 radical (unpaired) electrons. The standard InChI is InChI=1S/C17H28O5/c1-4-5-6-10-16-15(21-13(3)18)11-8-7-9-14(19)12(2)17(20)22-16/h7,9,12,14-16,19H,4-6,8,10-11H2,1-3H3/t12-,14-,15+,16-/m1/s1. The van der Waals surface area contributed by atoms with Gasteiger partial charge in [0, 0.05) is 6.92 Å². The van der Waals surface area contributed by atoms with E-state index in [0.717, 1.165) is 19.3 Å². The van der Waals surface area contributed by atoms with E-state index in [-0.39, 0.29) is 5.97 Å². The predicted molar refractivity (Wildman–Crippen MR) is 83.1 cm³/mol. The number of ether oxygens (including phenoxy) is 2. The van der Waals surface area contributed by atoms with Crippen LogP contribution in [-0.2, 0) is 19.1 Å². The Balaban J connectivity index is 2.86. The second-order valence-corrected chi connectivity index (χ2v) is 5.90. The van der Waals surface area contributed by atoms with Gasteiger partial charge in [0.2, 0.25) is 0 Å². The van der Waals surface area contributed by atoms with Crippen molar-refractivity contribution < 1.29 is 24.2 Å². The molecule has 4 atom stereocenters. The first kappa shape index (κ1) is 18.7. The van der Waals surface area contributed by atoms with Crippen molar-refractivity contribution in [2.24, 2.45) is 5.92 Å². The van der Waals surface area contributed by atoms with Crippen LogP contribution in [0.25, 0.3) is 0 Å². The lowest BCUT2D eigenvalue weighted by atomic mass is 9.98. The summed E-state index contributed by atoms with van der Waals surface area (Å²) in [6.45, 7) is 5.11. The third-order valence-electron chi connectivity index (χ3n) is 3.93. The van der Waals surface area contributed by atoms with Gasteiger partial charge in [-0.25, -0.2) is 0 Å². The van der Waals surface area contributed by atoms with Crippen LogP contribution in [0.3, 0.4) is 0 Å². The highest BCUT2D eigenvalue weighted by molar-refractivity contribution is 5.73. The Hall–Kier alpha value is -1.36. The van der Waals surface area contributed by atoms with Crippen LogP contribution in [0.5, 0.6) is 0 Å². The van der Waals surface area contributed by atoms with E-state index >= 15 is 0 Å². The van der Waals surface area contributed by atoms with Gasteiger partial charge in [0.15, 0.2) is 0 Å². The first-order valence-electron chi connectivity index (χ1n) is 8.18. The number of hydrogen-bond donors (Lipinski definition) is 1. The number of hydrogen-bond acceptors (Lipinski definition) is 5. The van der Waals surface area contributed by atoms with E-state index in [1.165, 1.54) is 6.92 Å². The van der Waals surface area contributed by atoms with Crippen molar-refractivity contribution >= 4 is 11.9 Å². The number of carbonyl (C=O) groups is 2. The molecule has 0 aliphatic carbocycles. The van der Waals surface area contributed by atoms with Gasteiger partial charge in [-0.1, -0.05) is 31.9 Å². The first-order chi connectivity index (χ1) is 10.5. The van der Waals surface area contributed by atoms with Gasteiger partial charge in [-0.05, 0) is 32.6 Å². The summed E-state index contributed by atoms with van der Waals surface area (Å²) < 4.78 is 10.9. The quantitative estimate of drug-likeness (QED) is 0.480. The average Bonchev–Trinajstić information content (AvgIpc) is 2.47. The van der Waals surface area contributed by atoms with Crippen LogP contribution < -0.4 is 0 Å². The molecule has 126 valence electrons. The molecule has 1 N–H and O–H groups in total. The molecular weight excluding hydrogens is 284 g/mol. The molecule has 0 fully saturated rings. The van der Waals surface area contributed by atoms with Gasteiger partial charge in [-0.15, -0.1) is 0 Å². The summed E-state index contributed by atoms with van der Waals surface area (Å²) in [7, 11) is 0. The Morgan fingerprint density at radius 2 is 2.18 bits per heavy atom. The largest absolute Gasteiger partial charge is 0.459 e. The topological polar surface area (TPSA) is 72.8 Å². The maximum absolute atomic E-state index is 12.2. The SMILES string of the molecule is CCCCC[C@H]1OC(=O)[C@H](C)[C@H](O)C=CCC[C@@H]1OC(C)=O. The highest BCUT2D eigenvalue weighted by atomic mass is 16.6. The van der Waals surface area contributed by atoms with Crippen LogP contribution in [0.15, 0.2) is 12.2 Å². The summed E-state index contributed by atoms with van der Waals surface area (Å²) in [5, 5.41) is 9.91. The van der Waals surface area contributed by atoms with Crippen molar-refractivity contribution in [3.8, 4) is 0 Å². The molecule has 1 aliphatic rings. The minimum absolute atomic E-state index is 0.365. The smallest absolute Gasteiger partial charge is 0.312 e. The molecule has 0 saturated heterocycles. The number of esters is 2. The summed E-state index contributed by atoms with van der Waals surface area (Å²) >= 11 is 0. The Bertz CT molecular complexity index is 391. The molecule has 0 unspecified atom stereocenters. The third kappa shape index (κ3) is 6.18. The Morgan fingerprint density at radius 1 is 1.45 bits per heavy atom. The van der Waals surface area contributed by atoms with Gasteiger partial charge in [0.1, 0.15) is 12.2 Å². The molecule has 5 nitrogen and oxygen atoms in total. The van der Waals surface area contributed by atoms with E-state index in [4.69, 9.17) is 9.47 Å². The van der Waals surface area contributed by atoms with E-state index in [1.807, 2.05) is 6.08 Å². The molecule has 0 aromatic heterocycles. The van der Waals surface area contributed by atoms with Crippen LogP contribution in [0.1, 0.15) is 59.3 Å². The number of carbonyl (C=O) groups excluding carboxylic acids is 2. The molecule has 5 heteroatoms. The summed E-state index contributed by atoms with van der Waals surface area (Å²) in [6.07, 6.45) is 6.68. The molecule has 0 spiro atoms. The van der Waals surface area contributed by atoms with Crippen LogP contribution in [0.4, 0.5) is 0 Å². The number of rotatable bonds is 5. The molecule has 1 aliphatic heterocycles. The predicted octanol–water partition coefficient (Wildman–Crippen LogP) is 2.76. The number of aliphatic hydroxyl groups is 1. The second-order valence-electron chi connectivity index (χ2n) is 5.90. The van der Waals surface area contributed by atoms with Gasteiger partial charge in [-0.2, -0.15) is 0 Å². The summed E-state index contributed by atoms with van der Waals surface area (Å²) in [6, 6.07) is 0. The first-order valence-corrected chi connectivity index (χ1v) is 8.18. The average molecular weight is 312 g/mol. The van der Waals surface area contributed by atoms with Gasteiger partial charge in [-0.3, -0.25) is 9.59 Å². The zero-order chi connectivity index (χ0) is 16.5. The van der Waals surface area contributed by atoms with Gasteiger partial charge < -0.3 is 14.6 Å². The molecule has 0 aromatic rings. The molecule has 1 heterocycles. The fourth-order valence-corrected chi connectivity index (χ4v) is 2.51. The molecule has 0 aromatic carbocycles. The van der Waals surface area contributed by atoms with E-state index < -0.39 is 30.2 Å². The van der Waals surface area contributed by atoms with Crippen molar-refractivity contribution in [2.75, 3.05) is 0 Å². The number of unbranched alkanes of at least 4 members (excludes halogenated alkanes) is 2. The van der Waals surface area contributed by atoms with E-state index in [0.29, 0.717) is 19.3 Å². The molecule has 0 saturated carbocycles. The third-order valence-corrected chi connectivity index (χ3v) is 3.93. The van der Waals surface area contributed by atoms with Crippen molar-refractivity contribution in [2.45, 2.75) is 77.6 Å². The lowest BCUT2D eigenvalue weighted by Crippen LogP contribution is -2.38. The highest BCUT2D eigenvalue weighted by Gasteiger charge is 2.31. The zero-order valence-electron chi connectivity index (χ0n) is 13.8. The number of allylic oxidation sites excluding steroid dienone is 1. The highest BCUT2D eigenvalue weighted by Crippen LogP contribution is 2.22. The summed E-state index contributed by atoms with van der Waals surface area (Å²) in [5.74, 6) is -1.44. The van der Waals surface area contributed by atoms with Crippen molar-refractivity contribution in [3.63, 3.8) is 0 Å². The Labute approximate surface area is 132 Å². The van der Waals surface area contributed by atoms with E-state index in [1.54, 1.807) is 13.0 Å². The molecule has 22 heavy (non-hydrogen) atoms. The fourth-order valence-electron chi connectivity index (χ4n) is 2.51. The zero-order valence-corrected chi connectivity index (χ0v) is 13.8. The monoisotopic (exact) mass is 312 g/mol. The van der Waals surface area contributed by atoms with Gasteiger partial charge in [0.25, 0.3) is 0 Å². The minimum atomic E-state index is -0.839. The lowest BCUT2D eigenvalue weighted by Gasteiger charge is -2.29. The number of aliphatic hydroxyl groups excluding tert-OH is 1. The van der Waals surface area contributed by atoms with Crippen LogP contribution in [0, 0.1) is 5.92 Å². The number of cyclic esters (lactones) is 1. The normalized spacial score (nSPS) is 29.7. The lowest BCUT2D eigenvalue weighted by molar-refractivity contribution is -0.172. The molecule has 0 amide bonds. The van der Waals surface area contributed by atoms with E-state index in [9.17, 15) is 14.7 Å². The van der Waals surface area contributed by atoms with Crippen molar-refractivity contribution in [1.29, 1.82) is 0 Å². The van der Waals surface area contributed by atoms with E-state index in [2.05, 4.69) is 6.92 Å². The summed E-state index contributed by atoms with van der Waals surface area (Å²) in [4.78, 5) is 23.5. The Morgan fingerprint density at radius 3 is 2.82 bits per heavy atom. The second kappa shape index (κ2) is 9.62. The van der Waals surface area contributed by atoms with Gasteiger partial charge in [0.05, 0.1) is 12.0 Å². The Kier molecular flexibility index (Phi) is 8.17. The van der Waals surface area contributed by atoms with Crippen LogP contribution >= 0.6 is 0 Å². The van der Waals surface area contributed by atoms with Crippen molar-refractivity contribution in [1.82, 2.24) is 0 Å². The van der Waals surface area contributed by atoms with Crippen LogP contribution in [-0.4, -0.2) is 35.4 Å². The molecular formula is C17H28O5. The minimum Gasteiger partial charge on any atom is -0.459 e. The van der Waals surface area contributed by atoms with Crippen LogP contribution in [0.2, 0.25) is 0 Å². The molecule has 1 rings (SSSR count). The summed E-state index contributed by atoms with van der Waals surface area (Å²) in [5.41, 5.74) is 0. The molecule has 0 bridgehead atoms. The van der Waals surface area contributed by atoms with Crippen molar-refractivity contribution in [3.05, 3.63) is 12.2 Å². The fraction of sp³-hybridized carbons (Fsp3) is 0.765.